The van der Waals surface area contributed by atoms with Crippen LogP contribution in [0.4, 0.5) is 0 Å². The Balaban J connectivity index is 1.66. The first kappa shape index (κ1) is 17.4. The lowest BCUT2D eigenvalue weighted by atomic mass is 10.0. The molecule has 1 aromatic rings. The van der Waals surface area contributed by atoms with Crippen molar-refractivity contribution in [3.63, 3.8) is 0 Å². The van der Waals surface area contributed by atoms with Crippen LogP contribution in [0.15, 0.2) is 30.3 Å². The molecule has 0 amide bonds. The molecular weight excluding hydrogens is 278 g/mol. The quantitative estimate of drug-likeness (QED) is 0.622. The minimum Gasteiger partial charge on any atom is -0.382 e. The smallest absolute Gasteiger partial charge is 0.0701 e. The van der Waals surface area contributed by atoms with Crippen LogP contribution in [-0.2, 0) is 20.8 Å². The Morgan fingerprint density at radius 1 is 1.00 bits per heavy atom. The van der Waals surface area contributed by atoms with E-state index in [4.69, 9.17) is 14.2 Å². The monoisotopic (exact) mass is 307 g/mol. The van der Waals surface area contributed by atoms with E-state index >= 15 is 0 Å². The average Bonchev–Trinajstić information content (AvgIpc) is 2.56. The van der Waals surface area contributed by atoms with Gasteiger partial charge in [0.1, 0.15) is 0 Å². The first-order valence-corrected chi connectivity index (χ1v) is 8.32. The summed E-state index contributed by atoms with van der Waals surface area (Å²) in [7, 11) is 1.68. The molecule has 0 unspecified atom stereocenters. The van der Waals surface area contributed by atoms with Crippen molar-refractivity contribution in [2.45, 2.75) is 31.8 Å². The van der Waals surface area contributed by atoms with Gasteiger partial charge in [-0.05, 0) is 24.9 Å². The number of methoxy groups -OCH3 is 1. The maximum Gasteiger partial charge on any atom is 0.0701 e. The Morgan fingerprint density at radius 3 is 2.59 bits per heavy atom. The van der Waals surface area contributed by atoms with E-state index in [9.17, 15) is 0 Å². The molecule has 0 saturated carbocycles. The molecule has 1 saturated heterocycles. The maximum atomic E-state index is 5.81. The molecule has 1 fully saturated rings. The van der Waals surface area contributed by atoms with Crippen LogP contribution in [0.5, 0.6) is 0 Å². The van der Waals surface area contributed by atoms with E-state index in [0.29, 0.717) is 32.5 Å². The summed E-state index contributed by atoms with van der Waals surface area (Å²) < 4.78 is 16.2. The molecule has 0 bridgehead atoms. The van der Waals surface area contributed by atoms with Crippen LogP contribution in [0.3, 0.4) is 0 Å². The molecule has 1 aliphatic rings. The largest absolute Gasteiger partial charge is 0.382 e. The van der Waals surface area contributed by atoms with Gasteiger partial charge in [-0.2, -0.15) is 0 Å². The van der Waals surface area contributed by atoms with E-state index in [2.05, 4.69) is 35.2 Å². The van der Waals surface area contributed by atoms with Crippen molar-refractivity contribution in [3.8, 4) is 0 Å². The predicted molar refractivity (Wildman–Crippen MR) is 88.0 cm³/mol. The van der Waals surface area contributed by atoms with Crippen LogP contribution in [-0.4, -0.2) is 57.6 Å². The van der Waals surface area contributed by atoms with Gasteiger partial charge in [-0.25, -0.2) is 0 Å². The van der Waals surface area contributed by atoms with Crippen LogP contribution in [0.1, 0.15) is 24.8 Å². The second-order valence-corrected chi connectivity index (χ2v) is 5.79. The summed E-state index contributed by atoms with van der Waals surface area (Å²) in [6.45, 7) is 5.61. The molecule has 0 aliphatic carbocycles. The van der Waals surface area contributed by atoms with Crippen molar-refractivity contribution in [2.24, 2.45) is 0 Å². The van der Waals surface area contributed by atoms with E-state index in [-0.39, 0.29) is 0 Å². The molecule has 1 aromatic carbocycles. The standard InChI is InChI=1S/C18H29NO3/c1-20-11-12-21-13-14-22-16-18-9-5-6-10-19(18)15-17-7-3-2-4-8-17/h2-4,7-8,18H,5-6,9-16H2,1H3/t18-/m0/s1. The molecule has 0 radical (unpaired) electrons. The van der Waals surface area contributed by atoms with E-state index in [0.717, 1.165) is 13.2 Å². The fourth-order valence-electron chi connectivity index (χ4n) is 2.86. The zero-order valence-corrected chi connectivity index (χ0v) is 13.7. The van der Waals surface area contributed by atoms with Gasteiger partial charge in [-0.1, -0.05) is 36.8 Å². The Labute approximate surface area is 134 Å². The molecule has 2 rings (SSSR count). The summed E-state index contributed by atoms with van der Waals surface area (Å²) in [5.41, 5.74) is 1.39. The van der Waals surface area contributed by atoms with Crippen molar-refractivity contribution in [1.82, 2.24) is 4.90 Å². The number of benzene rings is 1. The van der Waals surface area contributed by atoms with Crippen molar-refractivity contribution in [1.29, 1.82) is 0 Å². The second-order valence-electron chi connectivity index (χ2n) is 5.79. The van der Waals surface area contributed by atoms with Crippen LogP contribution < -0.4 is 0 Å². The fourth-order valence-corrected chi connectivity index (χ4v) is 2.86. The molecule has 124 valence electrons. The lowest BCUT2D eigenvalue weighted by Gasteiger charge is -2.35. The van der Waals surface area contributed by atoms with Gasteiger partial charge < -0.3 is 14.2 Å². The summed E-state index contributed by atoms with van der Waals surface area (Å²) >= 11 is 0. The average molecular weight is 307 g/mol. The maximum absolute atomic E-state index is 5.81. The molecule has 1 atom stereocenters. The first-order chi connectivity index (χ1) is 10.9. The molecule has 22 heavy (non-hydrogen) atoms. The van der Waals surface area contributed by atoms with E-state index in [1.165, 1.54) is 31.4 Å². The summed E-state index contributed by atoms with van der Waals surface area (Å²) in [4.78, 5) is 2.56. The highest BCUT2D eigenvalue weighted by molar-refractivity contribution is 5.14. The number of hydrogen-bond acceptors (Lipinski definition) is 4. The molecule has 1 heterocycles. The normalized spacial score (nSPS) is 19.4. The van der Waals surface area contributed by atoms with Crippen LogP contribution in [0, 0.1) is 0 Å². The zero-order chi connectivity index (χ0) is 15.5. The van der Waals surface area contributed by atoms with E-state index in [1.807, 2.05) is 0 Å². The number of rotatable bonds is 10. The van der Waals surface area contributed by atoms with Crippen molar-refractivity contribution >= 4 is 0 Å². The van der Waals surface area contributed by atoms with Gasteiger partial charge in [-0.15, -0.1) is 0 Å². The lowest BCUT2D eigenvalue weighted by Crippen LogP contribution is -2.42. The fraction of sp³-hybridized carbons (Fsp3) is 0.667. The number of likely N-dealkylation sites (tertiary alicyclic amines) is 1. The number of ether oxygens (including phenoxy) is 3. The Hall–Kier alpha value is -0.940. The molecule has 4 heteroatoms. The van der Waals surface area contributed by atoms with Gasteiger partial charge >= 0.3 is 0 Å². The van der Waals surface area contributed by atoms with Crippen LogP contribution >= 0.6 is 0 Å². The first-order valence-electron chi connectivity index (χ1n) is 8.32. The van der Waals surface area contributed by atoms with Gasteiger partial charge in [-0.3, -0.25) is 4.90 Å². The molecular formula is C18H29NO3. The SMILES string of the molecule is COCCOCCOC[C@@H]1CCCCN1Cc1ccccc1. The highest BCUT2D eigenvalue weighted by Gasteiger charge is 2.22. The molecule has 0 spiro atoms. The Kier molecular flexibility index (Phi) is 8.49. The molecule has 4 nitrogen and oxygen atoms in total. The number of piperidine rings is 1. The zero-order valence-electron chi connectivity index (χ0n) is 13.7. The van der Waals surface area contributed by atoms with Crippen molar-refractivity contribution in [2.75, 3.05) is 46.7 Å². The van der Waals surface area contributed by atoms with E-state index < -0.39 is 0 Å². The highest BCUT2D eigenvalue weighted by Crippen LogP contribution is 2.19. The predicted octanol–water partition coefficient (Wildman–Crippen LogP) is 2.72. The van der Waals surface area contributed by atoms with Gasteiger partial charge in [0.05, 0.1) is 33.0 Å². The van der Waals surface area contributed by atoms with Gasteiger partial charge in [0.15, 0.2) is 0 Å². The summed E-state index contributed by atoms with van der Waals surface area (Å²) in [5.74, 6) is 0. The van der Waals surface area contributed by atoms with Crippen molar-refractivity contribution in [3.05, 3.63) is 35.9 Å². The van der Waals surface area contributed by atoms with E-state index in [1.54, 1.807) is 7.11 Å². The number of hydrogen-bond donors (Lipinski definition) is 0. The van der Waals surface area contributed by atoms with Gasteiger partial charge in [0.25, 0.3) is 0 Å². The summed E-state index contributed by atoms with van der Waals surface area (Å²) in [5, 5.41) is 0. The Morgan fingerprint density at radius 2 is 1.77 bits per heavy atom. The molecule has 0 aromatic heterocycles. The third kappa shape index (κ3) is 6.44. The third-order valence-electron chi connectivity index (χ3n) is 4.09. The lowest BCUT2D eigenvalue weighted by molar-refractivity contribution is -0.00344. The highest BCUT2D eigenvalue weighted by atomic mass is 16.5. The van der Waals surface area contributed by atoms with Gasteiger partial charge in [0.2, 0.25) is 0 Å². The molecule has 0 N–H and O–H groups in total. The minimum absolute atomic E-state index is 0.535. The number of nitrogens with zero attached hydrogens (tertiary/aromatic N) is 1. The third-order valence-corrected chi connectivity index (χ3v) is 4.09. The van der Waals surface area contributed by atoms with Crippen molar-refractivity contribution < 1.29 is 14.2 Å². The second kappa shape index (κ2) is 10.7. The summed E-state index contributed by atoms with van der Waals surface area (Å²) in [6, 6.07) is 11.2. The molecule has 1 aliphatic heterocycles. The Bertz CT molecular complexity index is 385. The van der Waals surface area contributed by atoms with Gasteiger partial charge in [0, 0.05) is 19.7 Å². The topological polar surface area (TPSA) is 30.9 Å². The summed E-state index contributed by atoms with van der Waals surface area (Å²) in [6.07, 6.45) is 3.84. The van der Waals surface area contributed by atoms with Crippen LogP contribution in [0.25, 0.3) is 0 Å². The minimum atomic E-state index is 0.535. The van der Waals surface area contributed by atoms with Crippen LogP contribution in [0.2, 0.25) is 0 Å².